The second-order valence-electron chi connectivity index (χ2n) is 5.39. The Kier molecular flexibility index (Phi) is 5.22. The summed E-state index contributed by atoms with van der Waals surface area (Å²) in [6, 6.07) is 10.2. The monoisotopic (exact) mass is 427 g/mol. The summed E-state index contributed by atoms with van der Waals surface area (Å²) in [5, 5.41) is 2.43. The van der Waals surface area contributed by atoms with Gasteiger partial charge in [0.25, 0.3) is 0 Å². The normalized spacial score (nSPS) is 14.1. The molecule has 8 heteroatoms. The molecule has 1 heterocycles. The number of nitrogens with one attached hydrogen (secondary N) is 1. The van der Waals surface area contributed by atoms with Gasteiger partial charge in [0, 0.05) is 22.7 Å². The lowest BCUT2D eigenvalue weighted by Crippen LogP contribution is -2.17. The number of hydrogen-bond donors (Lipinski definition) is 1. The first-order valence-corrected chi connectivity index (χ1v) is 8.38. The van der Waals surface area contributed by atoms with Crippen molar-refractivity contribution >= 4 is 33.1 Å². The number of allylic oxidation sites excluding steroid dienone is 1. The van der Waals surface area contributed by atoms with Gasteiger partial charge in [-0.15, -0.1) is 0 Å². The van der Waals surface area contributed by atoms with E-state index >= 15 is 0 Å². The summed E-state index contributed by atoms with van der Waals surface area (Å²) in [5.41, 5.74) is -0.828. The molecule has 4 nitrogen and oxygen atoms in total. The molecule has 3 rings (SSSR count). The number of alkyl halides is 3. The third-order valence-corrected chi connectivity index (χ3v) is 4.21. The number of amides is 1. The van der Waals surface area contributed by atoms with Crippen molar-refractivity contribution in [1.82, 2.24) is 0 Å². The van der Waals surface area contributed by atoms with E-state index in [1.165, 1.54) is 30.3 Å². The number of anilines is 1. The number of halogens is 4. The highest BCUT2D eigenvalue weighted by Gasteiger charge is 2.35. The van der Waals surface area contributed by atoms with E-state index in [9.17, 15) is 18.0 Å². The maximum atomic E-state index is 13.3. The average Bonchev–Trinajstić information content (AvgIpc) is 2.60. The van der Waals surface area contributed by atoms with E-state index in [0.717, 1.165) is 0 Å². The third kappa shape index (κ3) is 4.19. The maximum absolute atomic E-state index is 13.3. The molecule has 1 aliphatic heterocycles. The predicted molar refractivity (Wildman–Crippen MR) is 94.2 cm³/mol. The van der Waals surface area contributed by atoms with Crippen LogP contribution in [0.2, 0.25) is 0 Å². The number of benzene rings is 2. The van der Waals surface area contributed by atoms with Gasteiger partial charge >= 0.3 is 6.18 Å². The molecule has 0 aliphatic carbocycles. The largest absolute Gasteiger partial charge is 0.486 e. The minimum absolute atomic E-state index is 0.0867. The Bertz CT molecular complexity index is 851. The number of ether oxygens (including phenoxy) is 2. The maximum Gasteiger partial charge on any atom is 0.417 e. The van der Waals surface area contributed by atoms with Crippen LogP contribution in [0.5, 0.6) is 11.5 Å². The fourth-order valence-electron chi connectivity index (χ4n) is 2.41. The summed E-state index contributed by atoms with van der Waals surface area (Å²) in [4.78, 5) is 12.2. The second-order valence-corrected chi connectivity index (χ2v) is 6.24. The van der Waals surface area contributed by atoms with E-state index in [-0.39, 0.29) is 11.3 Å². The highest BCUT2D eigenvalue weighted by molar-refractivity contribution is 9.10. The van der Waals surface area contributed by atoms with Crippen molar-refractivity contribution in [2.24, 2.45) is 0 Å². The summed E-state index contributed by atoms with van der Waals surface area (Å²) in [6.07, 6.45) is -4.12. The molecule has 136 valence electrons. The molecule has 0 radical (unpaired) electrons. The molecule has 0 spiro atoms. The predicted octanol–water partition coefficient (Wildman–Crippen LogP) is 4.80. The van der Waals surface area contributed by atoms with Gasteiger partial charge in [0.15, 0.2) is 11.5 Å². The second kappa shape index (κ2) is 7.41. The Balaban J connectivity index is 1.88. The molecule has 0 saturated carbocycles. The van der Waals surface area contributed by atoms with Gasteiger partial charge in [-0.1, -0.05) is 30.3 Å². The quantitative estimate of drug-likeness (QED) is 0.715. The van der Waals surface area contributed by atoms with E-state index in [4.69, 9.17) is 9.47 Å². The average molecular weight is 428 g/mol. The van der Waals surface area contributed by atoms with Crippen molar-refractivity contribution in [2.75, 3.05) is 18.5 Å². The van der Waals surface area contributed by atoms with Crippen molar-refractivity contribution in [3.05, 3.63) is 58.6 Å². The molecule has 1 aliphatic rings. The number of hydrogen-bond acceptors (Lipinski definition) is 3. The molecular weight excluding hydrogens is 415 g/mol. The topological polar surface area (TPSA) is 47.6 Å². The highest BCUT2D eigenvalue weighted by Crippen LogP contribution is 2.38. The van der Waals surface area contributed by atoms with E-state index in [0.29, 0.717) is 35.3 Å². The van der Waals surface area contributed by atoms with Crippen LogP contribution in [0.3, 0.4) is 0 Å². The Labute approximate surface area is 155 Å². The van der Waals surface area contributed by atoms with Crippen LogP contribution in [0.1, 0.15) is 5.56 Å². The fourth-order valence-corrected chi connectivity index (χ4v) is 2.83. The van der Waals surface area contributed by atoms with Crippen molar-refractivity contribution in [2.45, 2.75) is 6.18 Å². The van der Waals surface area contributed by atoms with Gasteiger partial charge in [-0.25, -0.2) is 0 Å². The van der Waals surface area contributed by atoms with Crippen LogP contribution in [0.25, 0.3) is 5.57 Å². The first-order chi connectivity index (χ1) is 12.3. The summed E-state index contributed by atoms with van der Waals surface area (Å²) >= 11 is 3.26. The molecular formula is C18H13BrF3NO3. The summed E-state index contributed by atoms with van der Waals surface area (Å²) in [6.45, 7) is 0.758. The van der Waals surface area contributed by atoms with Gasteiger partial charge in [0.2, 0.25) is 5.91 Å². The van der Waals surface area contributed by atoms with Gasteiger partial charge in [0.1, 0.15) is 13.2 Å². The lowest BCUT2D eigenvalue weighted by molar-refractivity contribution is -0.112. The summed E-state index contributed by atoms with van der Waals surface area (Å²) in [7, 11) is 0. The molecule has 2 aromatic carbocycles. The van der Waals surface area contributed by atoms with E-state index in [1.807, 2.05) is 0 Å². The first-order valence-electron chi connectivity index (χ1n) is 7.59. The van der Waals surface area contributed by atoms with Crippen LogP contribution in [-0.2, 0) is 4.79 Å². The molecule has 26 heavy (non-hydrogen) atoms. The van der Waals surface area contributed by atoms with E-state index < -0.39 is 17.7 Å². The molecule has 0 fully saturated rings. The van der Waals surface area contributed by atoms with Gasteiger partial charge in [-0.2, -0.15) is 13.2 Å². The zero-order valence-corrected chi connectivity index (χ0v) is 14.9. The zero-order valence-electron chi connectivity index (χ0n) is 13.3. The van der Waals surface area contributed by atoms with Gasteiger partial charge in [0.05, 0.1) is 11.3 Å². The van der Waals surface area contributed by atoms with Crippen LogP contribution in [0.4, 0.5) is 18.9 Å². The fraction of sp³-hybridized carbons (Fsp3) is 0.167. The number of fused-ring (bicyclic) bond motifs is 1. The van der Waals surface area contributed by atoms with E-state index in [1.54, 1.807) is 12.1 Å². The highest BCUT2D eigenvalue weighted by atomic mass is 79.9. The minimum atomic E-state index is -4.66. The van der Waals surface area contributed by atoms with Gasteiger partial charge in [-0.3, -0.25) is 4.79 Å². The third-order valence-electron chi connectivity index (χ3n) is 3.56. The van der Waals surface area contributed by atoms with E-state index in [2.05, 4.69) is 21.2 Å². The van der Waals surface area contributed by atoms with Crippen LogP contribution in [0.15, 0.2) is 53.0 Å². The summed E-state index contributed by atoms with van der Waals surface area (Å²) < 4.78 is 51.2. The zero-order chi connectivity index (χ0) is 18.7. The lowest BCUT2D eigenvalue weighted by Gasteiger charge is -2.20. The van der Waals surface area contributed by atoms with Crippen LogP contribution in [0, 0.1) is 0 Å². The Morgan fingerprint density at radius 2 is 1.69 bits per heavy atom. The molecule has 1 N–H and O–H groups in total. The molecule has 0 saturated heterocycles. The Morgan fingerprint density at radius 3 is 2.31 bits per heavy atom. The van der Waals surface area contributed by atoms with Crippen molar-refractivity contribution in [3.63, 3.8) is 0 Å². The Hall–Kier alpha value is -2.48. The Morgan fingerprint density at radius 1 is 1.08 bits per heavy atom. The molecule has 0 unspecified atom stereocenters. The number of rotatable bonds is 3. The molecule has 0 aromatic heterocycles. The van der Waals surface area contributed by atoms with Crippen LogP contribution < -0.4 is 14.8 Å². The molecule has 1 amide bonds. The number of carbonyl (C=O) groups is 1. The molecule has 2 aromatic rings. The molecule has 0 atom stereocenters. The first kappa shape index (κ1) is 18.3. The smallest absolute Gasteiger partial charge is 0.417 e. The summed E-state index contributed by atoms with van der Waals surface area (Å²) in [5.74, 6) is 0.00771. The number of carbonyl (C=O) groups excluding carboxylic acids is 1. The SMILES string of the molecule is O=C(/C=C(/c1ccccc1)C(F)(F)F)Nc1cc2c(cc1Br)OCCO2. The van der Waals surface area contributed by atoms with Crippen molar-refractivity contribution in [3.8, 4) is 11.5 Å². The van der Waals surface area contributed by atoms with Crippen molar-refractivity contribution < 1.29 is 27.4 Å². The van der Waals surface area contributed by atoms with Gasteiger partial charge < -0.3 is 14.8 Å². The van der Waals surface area contributed by atoms with Gasteiger partial charge in [-0.05, 0) is 21.5 Å². The van der Waals surface area contributed by atoms with Crippen LogP contribution in [-0.4, -0.2) is 25.3 Å². The van der Waals surface area contributed by atoms with Crippen molar-refractivity contribution in [1.29, 1.82) is 0 Å². The van der Waals surface area contributed by atoms with Crippen LogP contribution >= 0.6 is 15.9 Å². The lowest BCUT2D eigenvalue weighted by atomic mass is 10.1. The molecule has 0 bridgehead atoms. The minimum Gasteiger partial charge on any atom is -0.486 e. The standard InChI is InChI=1S/C18H13BrF3NO3/c19-13-9-15-16(26-7-6-25-15)10-14(13)23-17(24)8-12(18(20,21)22)11-4-2-1-3-5-11/h1-5,8-10H,6-7H2,(H,23,24)/b12-8-.